The highest BCUT2D eigenvalue weighted by atomic mass is 15.2. The van der Waals surface area contributed by atoms with Crippen LogP contribution in [0.5, 0.6) is 0 Å². The van der Waals surface area contributed by atoms with Gasteiger partial charge in [0, 0.05) is 70.9 Å². The zero-order valence-corrected chi connectivity index (χ0v) is 56.5. The third kappa shape index (κ3) is 7.94. The molecule has 0 saturated carbocycles. The minimum absolute atomic E-state index is 0.0977. The first kappa shape index (κ1) is 56.9. The Hall–Kier alpha value is -12.2. The lowest BCUT2D eigenvalue weighted by molar-refractivity contribution is 0.660. The first-order valence-electron chi connectivity index (χ1n) is 35.1. The molecule has 0 spiro atoms. The molecule has 0 radical (unpaired) electrons. The number of hydrogen-bond acceptors (Lipinski definition) is 2. The van der Waals surface area contributed by atoms with Gasteiger partial charge >= 0.3 is 0 Å². The second kappa shape index (κ2) is 20.5. The lowest BCUT2D eigenvalue weighted by Gasteiger charge is -2.22. The lowest BCUT2D eigenvalue weighted by Crippen LogP contribution is -2.14. The van der Waals surface area contributed by atoms with Crippen LogP contribution in [0.1, 0.15) is 74.9 Å². The largest absolute Gasteiger partial charge is 0.309 e. The molecule has 0 N–H and O–H groups in total. The lowest BCUT2D eigenvalue weighted by atomic mass is 9.81. The Labute approximate surface area is 580 Å². The van der Waals surface area contributed by atoms with Crippen LogP contribution >= 0.6 is 0 Å². The second-order valence-corrected chi connectivity index (χ2v) is 29.7. The fourth-order valence-corrected chi connectivity index (χ4v) is 18.2. The fraction of sp³-hybridized carbons (Fsp3) is 0.0947. The summed E-state index contributed by atoms with van der Waals surface area (Å²) in [7, 11) is 0. The first-order valence-corrected chi connectivity index (χ1v) is 35.1. The smallest absolute Gasteiger partial charge is 0.235 e. The molecule has 100 heavy (non-hydrogen) atoms. The average Bonchev–Trinajstić information content (AvgIpc) is 1.57. The number of para-hydroxylation sites is 3. The van der Waals surface area contributed by atoms with Gasteiger partial charge in [-0.05, 0) is 203 Å². The zero-order valence-electron chi connectivity index (χ0n) is 56.5. The molecule has 0 aliphatic heterocycles. The van der Waals surface area contributed by atoms with Crippen LogP contribution in [0, 0.1) is 0 Å². The molecule has 5 heteroatoms. The minimum Gasteiger partial charge on any atom is -0.309 e. The highest BCUT2D eigenvalue weighted by Gasteiger charge is 2.38. The van der Waals surface area contributed by atoms with Gasteiger partial charge in [0.25, 0.3) is 0 Å². The molecular formula is C95H67N5. The Morgan fingerprint density at radius 3 is 1.02 bits per heavy atom. The molecule has 0 amide bonds. The van der Waals surface area contributed by atoms with Crippen molar-refractivity contribution in [3.8, 4) is 95.3 Å². The van der Waals surface area contributed by atoms with E-state index in [0.29, 0.717) is 5.95 Å². The van der Waals surface area contributed by atoms with Crippen LogP contribution in [-0.2, 0) is 16.2 Å². The van der Waals surface area contributed by atoms with Crippen molar-refractivity contribution in [1.82, 2.24) is 23.7 Å². The third-order valence-corrected chi connectivity index (χ3v) is 23.3. The molecule has 14 aromatic carbocycles. The van der Waals surface area contributed by atoms with E-state index in [4.69, 9.17) is 9.97 Å². The van der Waals surface area contributed by atoms with E-state index in [-0.39, 0.29) is 16.2 Å². The summed E-state index contributed by atoms with van der Waals surface area (Å²) < 4.78 is 7.16. The third-order valence-electron chi connectivity index (χ3n) is 23.3. The first-order chi connectivity index (χ1) is 48.8. The molecule has 3 aliphatic rings. The van der Waals surface area contributed by atoms with Crippen molar-refractivity contribution < 1.29 is 0 Å². The molecule has 18 aromatic rings. The van der Waals surface area contributed by atoms with Gasteiger partial charge in [-0.3, -0.25) is 4.57 Å². The predicted octanol–water partition coefficient (Wildman–Crippen LogP) is 24.5. The summed E-state index contributed by atoms with van der Waals surface area (Å²) in [5.74, 6) is 0.614. The topological polar surface area (TPSA) is 40.6 Å². The molecular weight excluding hydrogens is 1210 g/mol. The summed E-state index contributed by atoms with van der Waals surface area (Å²) in [4.78, 5) is 11.5. The maximum Gasteiger partial charge on any atom is 0.235 e. The van der Waals surface area contributed by atoms with Crippen molar-refractivity contribution >= 4 is 76.3 Å². The van der Waals surface area contributed by atoms with Gasteiger partial charge in [-0.15, -0.1) is 0 Å². The van der Waals surface area contributed by atoms with Crippen molar-refractivity contribution in [3.05, 3.63) is 331 Å². The molecule has 3 aliphatic carbocycles. The Balaban J connectivity index is 0.735. The van der Waals surface area contributed by atoms with E-state index < -0.39 is 0 Å². The van der Waals surface area contributed by atoms with Crippen LogP contribution < -0.4 is 0 Å². The molecule has 4 aromatic heterocycles. The van der Waals surface area contributed by atoms with Crippen molar-refractivity contribution in [3.63, 3.8) is 0 Å². The Bertz CT molecular complexity index is 6630. The van der Waals surface area contributed by atoms with E-state index in [1.54, 1.807) is 0 Å². The summed E-state index contributed by atoms with van der Waals surface area (Å²) in [5, 5.41) is 8.08. The van der Waals surface area contributed by atoms with Crippen molar-refractivity contribution in [2.45, 2.75) is 57.8 Å². The van der Waals surface area contributed by atoms with E-state index in [0.717, 1.165) is 77.4 Å². The van der Waals surface area contributed by atoms with E-state index >= 15 is 0 Å². The van der Waals surface area contributed by atoms with Crippen LogP contribution in [0.4, 0.5) is 0 Å². The van der Waals surface area contributed by atoms with Gasteiger partial charge < -0.3 is 9.13 Å². The molecule has 0 atom stereocenters. The summed E-state index contributed by atoms with van der Waals surface area (Å²) in [6.45, 7) is 14.2. The number of rotatable bonds is 7. The standard InChI is InChI=1S/C95H67N5/c1-93(2)78-28-13-7-22-65(78)68-41-34-59(52-81(68)93)56-37-45-88-74(49-56)71-25-10-16-31-85(71)98(88)63-21-19-20-62(48-63)91-77-55-64(99-86-32-17-11-26-72(86)75-50-57(38-46-89(75)99)60-35-42-69-66-23-8-14-29-79(66)94(3,4)82(69)53-60)40-44-84(77)96-92(97-91)100-87-33-18-12-27-73(87)76-51-58(39-47-90(76)100)61-36-43-70-67-24-9-15-30-80(67)95(5,6)83(70)54-61/h7-55H,1-6H3. The van der Waals surface area contributed by atoms with Gasteiger partial charge in [0.2, 0.25) is 5.95 Å². The highest BCUT2D eigenvalue weighted by Crippen LogP contribution is 2.54. The van der Waals surface area contributed by atoms with E-state index in [1.807, 2.05) is 0 Å². The van der Waals surface area contributed by atoms with Crippen LogP contribution in [0.2, 0.25) is 0 Å². The maximum absolute atomic E-state index is 5.88. The van der Waals surface area contributed by atoms with E-state index in [1.165, 1.54) is 122 Å². The molecule has 21 rings (SSSR count). The van der Waals surface area contributed by atoms with Gasteiger partial charge in [-0.1, -0.05) is 236 Å². The van der Waals surface area contributed by atoms with Crippen molar-refractivity contribution in [1.29, 1.82) is 0 Å². The number of fused-ring (bicyclic) bond motifs is 19. The molecule has 4 heterocycles. The Morgan fingerprint density at radius 2 is 0.570 bits per heavy atom. The van der Waals surface area contributed by atoms with E-state index in [2.05, 4.69) is 352 Å². The number of aromatic nitrogens is 5. The Morgan fingerprint density at radius 1 is 0.220 bits per heavy atom. The van der Waals surface area contributed by atoms with Gasteiger partial charge in [-0.2, -0.15) is 0 Å². The summed E-state index contributed by atoms with van der Waals surface area (Å²) in [6.07, 6.45) is 0. The maximum atomic E-state index is 5.88. The van der Waals surface area contributed by atoms with Crippen LogP contribution in [0.25, 0.3) is 172 Å². The molecule has 0 fully saturated rings. The van der Waals surface area contributed by atoms with Crippen LogP contribution in [0.3, 0.4) is 0 Å². The number of benzene rings is 14. The molecule has 5 nitrogen and oxygen atoms in total. The summed E-state index contributed by atoms with van der Waals surface area (Å²) in [5.41, 5.74) is 34.6. The monoisotopic (exact) mass is 1280 g/mol. The van der Waals surface area contributed by atoms with Gasteiger partial charge in [0.1, 0.15) is 0 Å². The SMILES string of the molecule is CC1(C)c2ccccc2-c2ccc(-c3ccc4c(c3)c3ccccc3n4-c3cccc(-c4nc(-n5c6ccccc6c6cc(-c7ccc8c(c7)C(C)(C)c7ccccc7-8)ccc65)nc5ccc(-n6c7ccccc7c7cc(-c8ccc9c(c8)C(C)(C)c8ccccc8-9)ccc76)cc45)c3)cc21. The van der Waals surface area contributed by atoms with Gasteiger partial charge in [0.05, 0.1) is 44.3 Å². The fourth-order valence-electron chi connectivity index (χ4n) is 18.2. The molecule has 0 bridgehead atoms. The zero-order chi connectivity index (χ0) is 66.7. The average molecular weight is 1280 g/mol. The van der Waals surface area contributed by atoms with Crippen molar-refractivity contribution in [2.24, 2.45) is 0 Å². The molecule has 472 valence electrons. The molecule has 0 saturated heterocycles. The van der Waals surface area contributed by atoms with Gasteiger partial charge in [0.15, 0.2) is 0 Å². The normalized spacial score (nSPS) is 14.3. The predicted molar refractivity (Wildman–Crippen MR) is 417 cm³/mol. The van der Waals surface area contributed by atoms with Gasteiger partial charge in [-0.25, -0.2) is 9.97 Å². The van der Waals surface area contributed by atoms with Crippen LogP contribution in [-0.4, -0.2) is 23.7 Å². The van der Waals surface area contributed by atoms with Crippen molar-refractivity contribution in [2.75, 3.05) is 0 Å². The number of nitrogens with zero attached hydrogens (tertiary/aromatic N) is 5. The highest BCUT2D eigenvalue weighted by molar-refractivity contribution is 6.14. The quantitative estimate of drug-likeness (QED) is 0.160. The molecule has 0 unspecified atom stereocenters. The second-order valence-electron chi connectivity index (χ2n) is 29.7. The Kier molecular flexibility index (Phi) is 11.6. The summed E-state index contributed by atoms with van der Waals surface area (Å²) in [6, 6.07) is 111. The summed E-state index contributed by atoms with van der Waals surface area (Å²) >= 11 is 0. The minimum atomic E-state index is -0.111. The number of hydrogen-bond donors (Lipinski definition) is 0. The van der Waals surface area contributed by atoms with E-state index in [9.17, 15) is 0 Å². The van der Waals surface area contributed by atoms with Crippen LogP contribution in [0.15, 0.2) is 297 Å².